The van der Waals surface area contributed by atoms with E-state index in [4.69, 9.17) is 5.11 Å². The number of carbonyl (C=O) groups is 1. The fourth-order valence-electron chi connectivity index (χ4n) is 2.59. The smallest absolute Gasteiger partial charge is 0.304 e. The van der Waals surface area contributed by atoms with Crippen LogP contribution in [0.5, 0.6) is 0 Å². The summed E-state index contributed by atoms with van der Waals surface area (Å²) >= 11 is 0. The first-order valence-corrected chi connectivity index (χ1v) is 6.36. The third-order valence-electron chi connectivity index (χ3n) is 3.57. The van der Waals surface area contributed by atoms with E-state index in [0.717, 1.165) is 17.6 Å². The maximum Gasteiger partial charge on any atom is 0.304 e. The van der Waals surface area contributed by atoms with Gasteiger partial charge in [-0.25, -0.2) is 0 Å². The van der Waals surface area contributed by atoms with Gasteiger partial charge in [0.15, 0.2) is 0 Å². The molecule has 0 aliphatic carbocycles. The lowest BCUT2D eigenvalue weighted by Gasteiger charge is -2.07. The number of H-pyrrole nitrogens is 1. The van der Waals surface area contributed by atoms with Crippen LogP contribution in [-0.4, -0.2) is 16.1 Å². The summed E-state index contributed by atoms with van der Waals surface area (Å²) < 4.78 is 0. The maximum absolute atomic E-state index is 10.8. The number of carboxylic acid groups (broad SMARTS) is 1. The summed E-state index contributed by atoms with van der Waals surface area (Å²) in [7, 11) is 0. The molecule has 2 aromatic rings. The van der Waals surface area contributed by atoms with Gasteiger partial charge in [-0.2, -0.15) is 0 Å². The molecule has 0 bridgehead atoms. The molecule has 2 rings (SSSR count). The molecule has 0 amide bonds. The van der Waals surface area contributed by atoms with E-state index in [1.807, 2.05) is 6.92 Å². The molecule has 0 fully saturated rings. The number of rotatable bonds is 4. The first-order valence-electron chi connectivity index (χ1n) is 6.36. The molecule has 1 heterocycles. The highest BCUT2D eigenvalue weighted by Gasteiger charge is 2.17. The van der Waals surface area contributed by atoms with E-state index in [1.165, 1.54) is 16.5 Å². The van der Waals surface area contributed by atoms with Crippen LogP contribution in [0.3, 0.4) is 0 Å². The molecule has 2 N–H and O–H groups in total. The first kappa shape index (κ1) is 12.7. The van der Waals surface area contributed by atoms with Crippen molar-refractivity contribution in [3.63, 3.8) is 0 Å². The molecule has 3 nitrogen and oxygen atoms in total. The molecule has 0 radical (unpaired) electrons. The molecule has 0 aliphatic heterocycles. The molecule has 0 aliphatic rings. The van der Waals surface area contributed by atoms with Crippen molar-refractivity contribution in [3.05, 3.63) is 35.0 Å². The summed E-state index contributed by atoms with van der Waals surface area (Å²) in [5.74, 6) is -0.740. The molecule has 1 unspecified atom stereocenters. The Morgan fingerprint density at radius 1 is 1.44 bits per heavy atom. The number of aromatic nitrogens is 1. The number of hydrogen-bond acceptors (Lipinski definition) is 1. The van der Waals surface area contributed by atoms with Crippen molar-refractivity contribution in [1.82, 2.24) is 4.98 Å². The quantitative estimate of drug-likeness (QED) is 0.864. The monoisotopic (exact) mass is 245 g/mol. The van der Waals surface area contributed by atoms with Gasteiger partial charge < -0.3 is 10.1 Å². The normalized spacial score (nSPS) is 12.8. The molecule has 1 aromatic heterocycles. The van der Waals surface area contributed by atoms with Crippen LogP contribution in [0.1, 0.15) is 43.0 Å². The highest BCUT2D eigenvalue weighted by atomic mass is 16.4. The summed E-state index contributed by atoms with van der Waals surface area (Å²) in [6.07, 6.45) is 1.14. The predicted molar refractivity (Wildman–Crippen MR) is 73.1 cm³/mol. The minimum atomic E-state index is -0.753. The number of nitrogens with one attached hydrogen (secondary N) is 1. The van der Waals surface area contributed by atoms with Gasteiger partial charge in [-0.1, -0.05) is 32.0 Å². The number of hydrogen-bond donors (Lipinski definition) is 2. The minimum Gasteiger partial charge on any atom is -0.481 e. The third kappa shape index (κ3) is 2.13. The SMILES string of the molecule is CCc1cccc2c(C)c(C(C)CC(=O)O)[nH]c12. The second kappa shape index (κ2) is 4.84. The van der Waals surface area contributed by atoms with Gasteiger partial charge in [0, 0.05) is 22.5 Å². The fourth-order valence-corrected chi connectivity index (χ4v) is 2.59. The zero-order chi connectivity index (χ0) is 13.3. The molecule has 0 spiro atoms. The van der Waals surface area contributed by atoms with E-state index in [9.17, 15) is 4.79 Å². The van der Waals surface area contributed by atoms with Crippen molar-refractivity contribution in [2.24, 2.45) is 0 Å². The highest BCUT2D eigenvalue weighted by molar-refractivity contribution is 5.87. The Bertz CT molecular complexity index is 583. The van der Waals surface area contributed by atoms with Gasteiger partial charge in [-0.3, -0.25) is 4.79 Å². The molecule has 3 heteroatoms. The van der Waals surface area contributed by atoms with Crippen LogP contribution in [0, 0.1) is 6.92 Å². The van der Waals surface area contributed by atoms with Crippen LogP contribution < -0.4 is 0 Å². The van der Waals surface area contributed by atoms with Crippen molar-refractivity contribution < 1.29 is 9.90 Å². The lowest BCUT2D eigenvalue weighted by atomic mass is 9.99. The first-order chi connectivity index (χ1) is 8.54. The van der Waals surface area contributed by atoms with Gasteiger partial charge in [0.25, 0.3) is 0 Å². The van der Waals surface area contributed by atoms with E-state index >= 15 is 0 Å². The van der Waals surface area contributed by atoms with Crippen LogP contribution in [-0.2, 0) is 11.2 Å². The molecule has 0 saturated heterocycles. The number of fused-ring (bicyclic) bond motifs is 1. The lowest BCUT2D eigenvalue weighted by Crippen LogP contribution is -2.04. The van der Waals surface area contributed by atoms with Crippen LogP contribution in [0.4, 0.5) is 0 Å². The summed E-state index contributed by atoms with van der Waals surface area (Å²) in [6, 6.07) is 6.27. The third-order valence-corrected chi connectivity index (χ3v) is 3.57. The average Bonchev–Trinajstić information content (AvgIpc) is 2.66. The Kier molecular flexibility index (Phi) is 3.41. The van der Waals surface area contributed by atoms with Crippen LogP contribution in [0.2, 0.25) is 0 Å². The topological polar surface area (TPSA) is 53.1 Å². The van der Waals surface area contributed by atoms with E-state index < -0.39 is 5.97 Å². The summed E-state index contributed by atoms with van der Waals surface area (Å²) in [4.78, 5) is 14.2. The number of benzene rings is 1. The van der Waals surface area contributed by atoms with Crippen molar-refractivity contribution in [3.8, 4) is 0 Å². The summed E-state index contributed by atoms with van der Waals surface area (Å²) in [6.45, 7) is 6.15. The molecular formula is C15H19NO2. The van der Waals surface area contributed by atoms with Gasteiger partial charge in [0.05, 0.1) is 6.42 Å². The Labute approximate surface area is 107 Å². The molecule has 0 saturated carbocycles. The van der Waals surface area contributed by atoms with Gasteiger partial charge in [-0.05, 0) is 24.5 Å². The summed E-state index contributed by atoms with van der Waals surface area (Å²) in [5, 5.41) is 10.1. The zero-order valence-electron chi connectivity index (χ0n) is 11.1. The predicted octanol–water partition coefficient (Wildman–Crippen LogP) is 3.62. The fraction of sp³-hybridized carbons (Fsp3) is 0.400. The van der Waals surface area contributed by atoms with Gasteiger partial charge in [0.2, 0.25) is 0 Å². The molecule has 1 atom stereocenters. The van der Waals surface area contributed by atoms with E-state index in [0.29, 0.717) is 0 Å². The van der Waals surface area contributed by atoms with E-state index in [1.54, 1.807) is 0 Å². The largest absolute Gasteiger partial charge is 0.481 e. The molecule has 1 aromatic carbocycles. The van der Waals surface area contributed by atoms with Crippen LogP contribution in [0.15, 0.2) is 18.2 Å². The number of para-hydroxylation sites is 1. The number of aromatic amines is 1. The number of carboxylic acids is 1. The average molecular weight is 245 g/mol. The van der Waals surface area contributed by atoms with Crippen molar-refractivity contribution in [2.45, 2.75) is 39.5 Å². The van der Waals surface area contributed by atoms with E-state index in [2.05, 4.69) is 37.0 Å². The van der Waals surface area contributed by atoms with E-state index in [-0.39, 0.29) is 12.3 Å². The zero-order valence-corrected chi connectivity index (χ0v) is 11.1. The highest BCUT2D eigenvalue weighted by Crippen LogP contribution is 2.30. The summed E-state index contributed by atoms with van der Waals surface area (Å²) in [5.41, 5.74) is 4.66. The van der Waals surface area contributed by atoms with Crippen molar-refractivity contribution >= 4 is 16.9 Å². The Hall–Kier alpha value is -1.77. The maximum atomic E-state index is 10.8. The molecule has 96 valence electrons. The second-order valence-corrected chi connectivity index (χ2v) is 4.86. The standard InChI is InChI=1S/C15H19NO2/c1-4-11-6-5-7-12-10(3)14(16-15(11)12)9(2)8-13(17)18/h5-7,9,16H,4,8H2,1-3H3,(H,17,18). The second-order valence-electron chi connectivity index (χ2n) is 4.86. The Morgan fingerprint density at radius 3 is 2.78 bits per heavy atom. The van der Waals surface area contributed by atoms with Gasteiger partial charge in [-0.15, -0.1) is 0 Å². The number of aryl methyl sites for hydroxylation is 2. The lowest BCUT2D eigenvalue weighted by molar-refractivity contribution is -0.137. The molecular weight excluding hydrogens is 226 g/mol. The van der Waals surface area contributed by atoms with Crippen LogP contribution >= 0.6 is 0 Å². The van der Waals surface area contributed by atoms with Crippen LogP contribution in [0.25, 0.3) is 10.9 Å². The Morgan fingerprint density at radius 2 is 2.17 bits per heavy atom. The number of aliphatic carboxylic acids is 1. The van der Waals surface area contributed by atoms with Gasteiger partial charge >= 0.3 is 5.97 Å². The molecule has 18 heavy (non-hydrogen) atoms. The minimum absolute atomic E-state index is 0.0135. The van der Waals surface area contributed by atoms with Crippen molar-refractivity contribution in [2.75, 3.05) is 0 Å². The van der Waals surface area contributed by atoms with Crippen molar-refractivity contribution in [1.29, 1.82) is 0 Å². The Balaban J connectivity index is 2.53. The van der Waals surface area contributed by atoms with Gasteiger partial charge in [0.1, 0.15) is 0 Å².